The summed E-state index contributed by atoms with van der Waals surface area (Å²) in [4.78, 5) is 14.5. The quantitative estimate of drug-likeness (QED) is 0.784. The molecule has 0 radical (unpaired) electrons. The van der Waals surface area contributed by atoms with E-state index in [-0.39, 0.29) is 12.0 Å². The molecule has 1 aliphatic heterocycles. The molecule has 23 heavy (non-hydrogen) atoms. The fourth-order valence-corrected chi connectivity index (χ4v) is 2.74. The molecule has 118 valence electrons. The van der Waals surface area contributed by atoms with Gasteiger partial charge in [-0.1, -0.05) is 48.5 Å². The molecule has 2 aromatic rings. The van der Waals surface area contributed by atoms with Crippen LogP contribution >= 0.6 is 0 Å². The maximum atomic E-state index is 12.7. The zero-order valence-corrected chi connectivity index (χ0v) is 13.1. The number of amides is 1. The summed E-state index contributed by atoms with van der Waals surface area (Å²) >= 11 is 0. The van der Waals surface area contributed by atoms with Gasteiger partial charge in [0.05, 0.1) is 12.6 Å². The summed E-state index contributed by atoms with van der Waals surface area (Å²) in [5.41, 5.74) is 1.93. The Labute approximate surface area is 137 Å². The molecule has 0 aliphatic carbocycles. The van der Waals surface area contributed by atoms with E-state index in [1.54, 1.807) is 11.0 Å². The molecular formula is C20H21NO2. The van der Waals surface area contributed by atoms with Crippen LogP contribution in [0.2, 0.25) is 0 Å². The standard InChI is InChI=1S/C20H21NO2/c22-20(14-13-17-8-3-1-4-9-17)21(16-19-12-7-15-23-19)18-10-5-2-6-11-18/h1-6,8-11,13-14,19H,7,12,15-16H2/b14-13+. The van der Waals surface area contributed by atoms with Crippen LogP contribution in [-0.2, 0) is 9.53 Å². The minimum absolute atomic E-state index is 0.0180. The summed E-state index contributed by atoms with van der Waals surface area (Å²) < 4.78 is 5.70. The molecule has 0 bridgehead atoms. The maximum absolute atomic E-state index is 12.7. The van der Waals surface area contributed by atoms with E-state index in [2.05, 4.69) is 0 Å². The Kier molecular flexibility index (Phi) is 5.22. The summed E-state index contributed by atoms with van der Waals surface area (Å²) in [7, 11) is 0. The van der Waals surface area contributed by atoms with Gasteiger partial charge < -0.3 is 9.64 Å². The fourth-order valence-electron chi connectivity index (χ4n) is 2.74. The molecule has 3 rings (SSSR count). The van der Waals surface area contributed by atoms with Crippen LogP contribution in [0.4, 0.5) is 5.69 Å². The average molecular weight is 307 g/mol. The molecule has 1 aliphatic rings. The molecule has 3 heteroatoms. The minimum atomic E-state index is -0.0180. The van der Waals surface area contributed by atoms with E-state index >= 15 is 0 Å². The highest BCUT2D eigenvalue weighted by Gasteiger charge is 2.22. The Morgan fingerprint density at radius 3 is 2.43 bits per heavy atom. The number of carbonyl (C=O) groups is 1. The lowest BCUT2D eigenvalue weighted by Gasteiger charge is -2.24. The largest absolute Gasteiger partial charge is 0.376 e. The second kappa shape index (κ2) is 7.75. The molecule has 2 aromatic carbocycles. The highest BCUT2D eigenvalue weighted by molar-refractivity contribution is 6.03. The van der Waals surface area contributed by atoms with Gasteiger partial charge in [-0.2, -0.15) is 0 Å². The van der Waals surface area contributed by atoms with Crippen LogP contribution in [0, 0.1) is 0 Å². The van der Waals surface area contributed by atoms with Gasteiger partial charge in [-0.05, 0) is 36.6 Å². The first-order chi connectivity index (χ1) is 11.3. The van der Waals surface area contributed by atoms with Gasteiger partial charge in [-0.3, -0.25) is 4.79 Å². The van der Waals surface area contributed by atoms with Crippen molar-refractivity contribution in [2.75, 3.05) is 18.1 Å². The molecule has 3 nitrogen and oxygen atoms in total. The molecule has 1 fully saturated rings. The van der Waals surface area contributed by atoms with E-state index in [0.717, 1.165) is 30.7 Å². The van der Waals surface area contributed by atoms with E-state index in [0.29, 0.717) is 6.54 Å². The third-order valence-electron chi connectivity index (χ3n) is 3.96. The fraction of sp³-hybridized carbons (Fsp3) is 0.250. The van der Waals surface area contributed by atoms with Gasteiger partial charge >= 0.3 is 0 Å². The normalized spacial score (nSPS) is 17.5. The van der Waals surface area contributed by atoms with Crippen LogP contribution in [0.1, 0.15) is 18.4 Å². The number of para-hydroxylation sites is 1. The summed E-state index contributed by atoms with van der Waals surface area (Å²) in [5, 5.41) is 0. The highest BCUT2D eigenvalue weighted by Crippen LogP contribution is 2.19. The van der Waals surface area contributed by atoms with Crippen molar-refractivity contribution < 1.29 is 9.53 Å². The molecule has 0 saturated carbocycles. The lowest BCUT2D eigenvalue weighted by atomic mass is 10.2. The minimum Gasteiger partial charge on any atom is -0.376 e. The van der Waals surface area contributed by atoms with Crippen molar-refractivity contribution in [2.24, 2.45) is 0 Å². The topological polar surface area (TPSA) is 29.5 Å². The van der Waals surface area contributed by atoms with Crippen molar-refractivity contribution in [3.8, 4) is 0 Å². The summed E-state index contributed by atoms with van der Waals surface area (Å²) in [6.07, 6.45) is 5.70. The number of nitrogens with zero attached hydrogens (tertiary/aromatic N) is 1. The maximum Gasteiger partial charge on any atom is 0.251 e. The Hall–Kier alpha value is -2.39. The number of hydrogen-bond donors (Lipinski definition) is 0. The van der Waals surface area contributed by atoms with Crippen molar-refractivity contribution in [3.63, 3.8) is 0 Å². The molecule has 0 aromatic heterocycles. The number of benzene rings is 2. The SMILES string of the molecule is O=C(/C=C/c1ccccc1)N(CC1CCCO1)c1ccccc1. The van der Waals surface area contributed by atoms with Crippen LogP contribution < -0.4 is 4.90 Å². The first-order valence-electron chi connectivity index (χ1n) is 8.04. The van der Waals surface area contributed by atoms with Crippen LogP contribution in [-0.4, -0.2) is 25.2 Å². The zero-order chi connectivity index (χ0) is 15.9. The molecular weight excluding hydrogens is 286 g/mol. The smallest absolute Gasteiger partial charge is 0.251 e. The Bertz CT molecular complexity index is 646. The second-order valence-electron chi connectivity index (χ2n) is 5.66. The number of ether oxygens (including phenoxy) is 1. The second-order valence-corrected chi connectivity index (χ2v) is 5.66. The Balaban J connectivity index is 1.76. The van der Waals surface area contributed by atoms with Crippen molar-refractivity contribution >= 4 is 17.7 Å². The van der Waals surface area contributed by atoms with Gasteiger partial charge in [0.1, 0.15) is 0 Å². The van der Waals surface area contributed by atoms with E-state index in [9.17, 15) is 4.79 Å². The number of carbonyl (C=O) groups excluding carboxylic acids is 1. The number of anilines is 1. The van der Waals surface area contributed by atoms with Gasteiger partial charge in [0.2, 0.25) is 0 Å². The van der Waals surface area contributed by atoms with Crippen LogP contribution in [0.15, 0.2) is 66.7 Å². The lowest BCUT2D eigenvalue weighted by Crippen LogP contribution is -2.36. The number of hydrogen-bond acceptors (Lipinski definition) is 2. The van der Waals surface area contributed by atoms with Gasteiger partial charge in [0.15, 0.2) is 0 Å². The van der Waals surface area contributed by atoms with Gasteiger partial charge in [-0.15, -0.1) is 0 Å². The summed E-state index contributed by atoms with van der Waals surface area (Å²) in [5.74, 6) is -0.0180. The molecule has 1 saturated heterocycles. The first kappa shape index (κ1) is 15.5. The van der Waals surface area contributed by atoms with Gasteiger partial charge in [0, 0.05) is 18.4 Å². The first-order valence-corrected chi connectivity index (χ1v) is 8.04. The predicted octanol–water partition coefficient (Wildman–Crippen LogP) is 3.91. The van der Waals surface area contributed by atoms with Gasteiger partial charge in [-0.25, -0.2) is 0 Å². The molecule has 1 unspecified atom stereocenters. The molecule has 1 atom stereocenters. The average Bonchev–Trinajstić information content (AvgIpc) is 3.12. The molecule has 1 amide bonds. The predicted molar refractivity (Wildman–Crippen MR) is 93.2 cm³/mol. The Morgan fingerprint density at radius 1 is 1.09 bits per heavy atom. The molecule has 0 spiro atoms. The highest BCUT2D eigenvalue weighted by atomic mass is 16.5. The van der Waals surface area contributed by atoms with Crippen molar-refractivity contribution in [2.45, 2.75) is 18.9 Å². The van der Waals surface area contributed by atoms with Crippen molar-refractivity contribution in [3.05, 3.63) is 72.3 Å². The van der Waals surface area contributed by atoms with Crippen LogP contribution in [0.25, 0.3) is 6.08 Å². The van der Waals surface area contributed by atoms with E-state index in [1.807, 2.05) is 66.7 Å². The third-order valence-corrected chi connectivity index (χ3v) is 3.96. The van der Waals surface area contributed by atoms with Crippen LogP contribution in [0.3, 0.4) is 0 Å². The lowest BCUT2D eigenvalue weighted by molar-refractivity contribution is -0.114. The summed E-state index contributed by atoms with van der Waals surface area (Å²) in [6, 6.07) is 19.6. The molecule has 0 N–H and O–H groups in total. The van der Waals surface area contributed by atoms with E-state index in [1.165, 1.54) is 0 Å². The monoisotopic (exact) mass is 307 g/mol. The van der Waals surface area contributed by atoms with Crippen molar-refractivity contribution in [1.82, 2.24) is 0 Å². The molecule has 1 heterocycles. The van der Waals surface area contributed by atoms with Gasteiger partial charge in [0.25, 0.3) is 5.91 Å². The third kappa shape index (κ3) is 4.30. The van der Waals surface area contributed by atoms with E-state index < -0.39 is 0 Å². The zero-order valence-electron chi connectivity index (χ0n) is 13.1. The van der Waals surface area contributed by atoms with Crippen molar-refractivity contribution in [1.29, 1.82) is 0 Å². The summed E-state index contributed by atoms with van der Waals surface area (Å²) in [6.45, 7) is 1.39. The van der Waals surface area contributed by atoms with E-state index in [4.69, 9.17) is 4.74 Å². The Morgan fingerprint density at radius 2 is 1.78 bits per heavy atom. The number of rotatable bonds is 5. The van der Waals surface area contributed by atoms with Crippen LogP contribution in [0.5, 0.6) is 0 Å².